The molecule has 2 aromatic heterocycles. The molecule has 0 N–H and O–H groups in total. The van der Waals surface area contributed by atoms with Crippen molar-refractivity contribution in [2.24, 2.45) is 7.05 Å². The van der Waals surface area contributed by atoms with Crippen LogP contribution in [0.5, 0.6) is 0 Å². The Labute approximate surface area is 130 Å². The Kier molecular flexibility index (Phi) is 3.31. The molecule has 0 radical (unpaired) electrons. The number of benzene rings is 1. The van der Waals surface area contributed by atoms with Crippen LogP contribution in [0, 0.1) is 0 Å². The fourth-order valence-electron chi connectivity index (χ4n) is 3.09. The average Bonchev–Trinajstić information content (AvgIpc) is 2.97. The molecule has 1 aromatic carbocycles. The molecule has 4 nitrogen and oxygen atoms in total. The molecular weight excluding hydrogens is 274 g/mol. The number of rotatable bonds is 2. The number of hydrogen-bond acceptors (Lipinski definition) is 3. The van der Waals surface area contributed by atoms with Crippen LogP contribution in [0.1, 0.15) is 0 Å². The minimum absolute atomic E-state index is 0.816. The number of fused-ring (bicyclic) bond motifs is 1. The van der Waals surface area contributed by atoms with Crippen molar-refractivity contribution < 1.29 is 4.74 Å². The summed E-state index contributed by atoms with van der Waals surface area (Å²) in [4.78, 5) is 6.83. The monoisotopic (exact) mass is 293 g/mol. The van der Waals surface area contributed by atoms with E-state index in [-0.39, 0.29) is 0 Å². The van der Waals surface area contributed by atoms with E-state index in [2.05, 4.69) is 57.0 Å². The molecule has 1 fully saturated rings. The number of aryl methyl sites for hydroxylation is 1. The maximum absolute atomic E-state index is 5.41. The Morgan fingerprint density at radius 1 is 1.00 bits per heavy atom. The Morgan fingerprint density at radius 3 is 2.55 bits per heavy atom. The summed E-state index contributed by atoms with van der Waals surface area (Å²) in [7, 11) is 2.03. The van der Waals surface area contributed by atoms with E-state index in [1.807, 2.05) is 13.2 Å². The van der Waals surface area contributed by atoms with Crippen LogP contribution in [0.15, 0.2) is 48.8 Å². The molecule has 22 heavy (non-hydrogen) atoms. The molecule has 1 saturated heterocycles. The maximum Gasteiger partial charge on any atom is 0.140 e. The fourth-order valence-corrected chi connectivity index (χ4v) is 3.09. The number of pyridine rings is 1. The van der Waals surface area contributed by atoms with Crippen molar-refractivity contribution in [2.45, 2.75) is 0 Å². The molecule has 0 amide bonds. The van der Waals surface area contributed by atoms with Gasteiger partial charge in [-0.1, -0.05) is 12.1 Å². The number of aromatic nitrogens is 2. The molecule has 0 unspecified atom stereocenters. The molecule has 0 saturated carbocycles. The van der Waals surface area contributed by atoms with E-state index in [0.29, 0.717) is 0 Å². The SMILES string of the molecule is Cn1ccc2c(-c3ccc(N4CCOCC4)cc3)ccnc21. The van der Waals surface area contributed by atoms with Crippen molar-refractivity contribution in [3.8, 4) is 11.1 Å². The second-order valence-electron chi connectivity index (χ2n) is 5.67. The molecule has 3 aromatic rings. The van der Waals surface area contributed by atoms with E-state index < -0.39 is 0 Å². The summed E-state index contributed by atoms with van der Waals surface area (Å²) >= 11 is 0. The second-order valence-corrected chi connectivity index (χ2v) is 5.67. The van der Waals surface area contributed by atoms with Gasteiger partial charge in [0.05, 0.1) is 13.2 Å². The van der Waals surface area contributed by atoms with E-state index in [0.717, 1.165) is 32.0 Å². The quantitative estimate of drug-likeness (QED) is 0.727. The van der Waals surface area contributed by atoms with Gasteiger partial charge in [-0.3, -0.25) is 0 Å². The van der Waals surface area contributed by atoms with Crippen LogP contribution in [-0.4, -0.2) is 35.9 Å². The third-order valence-electron chi connectivity index (χ3n) is 4.32. The van der Waals surface area contributed by atoms with Gasteiger partial charge in [-0.15, -0.1) is 0 Å². The van der Waals surface area contributed by atoms with Gasteiger partial charge in [0, 0.05) is 43.6 Å². The standard InChI is InChI=1S/C18H19N3O/c1-20-9-7-17-16(6-8-19-18(17)20)14-2-4-15(5-3-14)21-10-12-22-13-11-21/h2-9H,10-13H2,1H3. The van der Waals surface area contributed by atoms with E-state index in [9.17, 15) is 0 Å². The lowest BCUT2D eigenvalue weighted by Crippen LogP contribution is -2.36. The van der Waals surface area contributed by atoms with Crippen LogP contribution in [0.2, 0.25) is 0 Å². The molecule has 112 valence electrons. The molecule has 1 aliphatic heterocycles. The lowest BCUT2D eigenvalue weighted by atomic mass is 10.0. The zero-order chi connectivity index (χ0) is 14.9. The number of ether oxygens (including phenoxy) is 1. The van der Waals surface area contributed by atoms with Gasteiger partial charge in [-0.2, -0.15) is 0 Å². The van der Waals surface area contributed by atoms with Crippen LogP contribution in [-0.2, 0) is 11.8 Å². The minimum atomic E-state index is 0.816. The van der Waals surface area contributed by atoms with Crippen LogP contribution in [0.25, 0.3) is 22.2 Å². The van der Waals surface area contributed by atoms with Gasteiger partial charge < -0.3 is 14.2 Å². The van der Waals surface area contributed by atoms with Crippen molar-refractivity contribution >= 4 is 16.7 Å². The van der Waals surface area contributed by atoms with E-state index in [1.165, 1.54) is 22.2 Å². The summed E-state index contributed by atoms with van der Waals surface area (Å²) < 4.78 is 7.47. The normalized spacial score (nSPS) is 15.4. The van der Waals surface area contributed by atoms with Crippen molar-refractivity contribution in [3.63, 3.8) is 0 Å². The minimum Gasteiger partial charge on any atom is -0.378 e. The highest BCUT2D eigenvalue weighted by Crippen LogP contribution is 2.29. The largest absolute Gasteiger partial charge is 0.378 e. The Morgan fingerprint density at radius 2 is 1.77 bits per heavy atom. The van der Waals surface area contributed by atoms with Crippen molar-refractivity contribution in [1.82, 2.24) is 9.55 Å². The van der Waals surface area contributed by atoms with Gasteiger partial charge in [0.25, 0.3) is 0 Å². The maximum atomic E-state index is 5.41. The first-order valence-corrected chi connectivity index (χ1v) is 7.66. The topological polar surface area (TPSA) is 30.3 Å². The van der Waals surface area contributed by atoms with Crippen LogP contribution < -0.4 is 4.90 Å². The zero-order valence-corrected chi connectivity index (χ0v) is 12.7. The summed E-state index contributed by atoms with van der Waals surface area (Å²) in [5.41, 5.74) is 4.76. The number of anilines is 1. The second kappa shape index (κ2) is 5.46. The lowest BCUT2D eigenvalue weighted by Gasteiger charge is -2.28. The van der Waals surface area contributed by atoms with Gasteiger partial charge >= 0.3 is 0 Å². The Balaban J connectivity index is 1.70. The van der Waals surface area contributed by atoms with Gasteiger partial charge in [-0.05, 0) is 35.4 Å². The summed E-state index contributed by atoms with van der Waals surface area (Å²) in [6, 6.07) is 13.0. The highest BCUT2D eigenvalue weighted by molar-refractivity contribution is 5.93. The summed E-state index contributed by atoms with van der Waals surface area (Å²) in [5, 5.41) is 1.20. The number of morpholine rings is 1. The molecule has 0 atom stereocenters. The summed E-state index contributed by atoms with van der Waals surface area (Å²) in [5.74, 6) is 0. The summed E-state index contributed by atoms with van der Waals surface area (Å²) in [6.45, 7) is 3.57. The lowest BCUT2D eigenvalue weighted by molar-refractivity contribution is 0.122. The van der Waals surface area contributed by atoms with Gasteiger partial charge in [0.2, 0.25) is 0 Å². The Bertz CT molecular complexity index is 786. The number of nitrogens with zero attached hydrogens (tertiary/aromatic N) is 3. The van der Waals surface area contributed by atoms with E-state index >= 15 is 0 Å². The highest BCUT2D eigenvalue weighted by atomic mass is 16.5. The summed E-state index contributed by atoms with van der Waals surface area (Å²) in [6.07, 6.45) is 3.94. The molecule has 0 bridgehead atoms. The van der Waals surface area contributed by atoms with E-state index in [1.54, 1.807) is 0 Å². The third kappa shape index (κ3) is 2.25. The molecule has 0 aliphatic carbocycles. The fraction of sp³-hybridized carbons (Fsp3) is 0.278. The van der Waals surface area contributed by atoms with Crippen LogP contribution >= 0.6 is 0 Å². The van der Waals surface area contributed by atoms with Crippen LogP contribution in [0.4, 0.5) is 5.69 Å². The van der Waals surface area contributed by atoms with Crippen molar-refractivity contribution in [1.29, 1.82) is 0 Å². The highest BCUT2D eigenvalue weighted by Gasteiger charge is 2.12. The predicted octanol–water partition coefficient (Wildman–Crippen LogP) is 3.08. The zero-order valence-electron chi connectivity index (χ0n) is 12.7. The van der Waals surface area contributed by atoms with Crippen molar-refractivity contribution in [2.75, 3.05) is 31.2 Å². The molecule has 4 heteroatoms. The first kappa shape index (κ1) is 13.3. The average molecular weight is 293 g/mol. The molecule has 1 aliphatic rings. The number of hydrogen-bond donors (Lipinski definition) is 0. The van der Waals surface area contributed by atoms with Crippen LogP contribution in [0.3, 0.4) is 0 Å². The van der Waals surface area contributed by atoms with Gasteiger partial charge in [0.15, 0.2) is 0 Å². The Hall–Kier alpha value is -2.33. The third-order valence-corrected chi connectivity index (χ3v) is 4.32. The van der Waals surface area contributed by atoms with Gasteiger partial charge in [0.1, 0.15) is 5.65 Å². The van der Waals surface area contributed by atoms with Crippen molar-refractivity contribution in [3.05, 3.63) is 48.8 Å². The predicted molar refractivity (Wildman–Crippen MR) is 89.2 cm³/mol. The molecule has 3 heterocycles. The molecular formula is C18H19N3O. The van der Waals surface area contributed by atoms with E-state index in [4.69, 9.17) is 4.74 Å². The molecule has 4 rings (SSSR count). The van der Waals surface area contributed by atoms with Gasteiger partial charge in [-0.25, -0.2) is 4.98 Å². The first-order valence-electron chi connectivity index (χ1n) is 7.66. The molecule has 0 spiro atoms. The first-order chi connectivity index (χ1) is 10.8. The smallest absolute Gasteiger partial charge is 0.140 e.